The molecule has 0 bridgehead atoms. The van der Waals surface area contributed by atoms with Crippen LogP contribution in [0.5, 0.6) is 0 Å². The minimum atomic E-state index is 0.113. The number of nitrogens with one attached hydrogen (secondary N) is 1. The third kappa shape index (κ3) is 3.17. The first-order valence-corrected chi connectivity index (χ1v) is 8.09. The van der Waals surface area contributed by atoms with Crippen molar-refractivity contribution >= 4 is 12.1 Å². The summed E-state index contributed by atoms with van der Waals surface area (Å²) in [5.41, 5.74) is 5.06. The fourth-order valence-electron chi connectivity index (χ4n) is 3.59. The number of hydrazone groups is 1. The quantitative estimate of drug-likeness (QED) is 0.665. The van der Waals surface area contributed by atoms with Gasteiger partial charge in [0.05, 0.1) is 6.21 Å². The van der Waals surface area contributed by atoms with E-state index in [4.69, 9.17) is 0 Å². The monoisotopic (exact) mass is 284 g/mol. The van der Waals surface area contributed by atoms with Gasteiger partial charge in [0.25, 0.3) is 0 Å². The topological polar surface area (TPSA) is 41.5 Å². The average molecular weight is 284 g/mol. The van der Waals surface area contributed by atoms with Gasteiger partial charge in [-0.2, -0.15) is 5.10 Å². The van der Waals surface area contributed by atoms with Crippen LogP contribution in [0.1, 0.15) is 56.6 Å². The normalized spacial score (nSPS) is 27.7. The Kier molecular flexibility index (Phi) is 4.09. The molecular weight excluding hydrogens is 260 g/mol. The second-order valence-corrected chi connectivity index (χ2v) is 6.69. The van der Waals surface area contributed by atoms with Crippen molar-refractivity contribution in [3.8, 4) is 0 Å². The highest BCUT2D eigenvalue weighted by Gasteiger charge is 2.54. The highest BCUT2D eigenvalue weighted by Crippen LogP contribution is 2.55. The molecule has 2 aliphatic carbocycles. The second-order valence-electron chi connectivity index (χ2n) is 6.69. The summed E-state index contributed by atoms with van der Waals surface area (Å²) in [5.74, 6) is 2.15. The third-order valence-corrected chi connectivity index (χ3v) is 4.95. The van der Waals surface area contributed by atoms with Crippen molar-refractivity contribution in [1.29, 1.82) is 0 Å². The molecule has 2 fully saturated rings. The molecule has 21 heavy (non-hydrogen) atoms. The highest BCUT2D eigenvalue weighted by molar-refractivity contribution is 5.85. The van der Waals surface area contributed by atoms with Gasteiger partial charge in [0.2, 0.25) is 5.91 Å². The second kappa shape index (κ2) is 6.00. The van der Waals surface area contributed by atoms with Crippen molar-refractivity contribution in [3.63, 3.8) is 0 Å². The summed E-state index contributed by atoms with van der Waals surface area (Å²) in [5, 5.41) is 4.11. The summed E-state index contributed by atoms with van der Waals surface area (Å²) in [6, 6.07) is 8.32. The molecule has 0 heterocycles. The summed E-state index contributed by atoms with van der Waals surface area (Å²) in [6.07, 6.45) is 6.76. The molecule has 0 radical (unpaired) electrons. The third-order valence-electron chi connectivity index (χ3n) is 4.95. The Labute approximate surface area is 126 Å². The molecule has 2 unspecified atom stereocenters. The predicted molar refractivity (Wildman–Crippen MR) is 85.2 cm³/mol. The van der Waals surface area contributed by atoms with Gasteiger partial charge in [-0.3, -0.25) is 4.79 Å². The number of carbonyl (C=O) groups excluding carboxylic acids is 1. The van der Waals surface area contributed by atoms with Gasteiger partial charge >= 0.3 is 0 Å². The summed E-state index contributed by atoms with van der Waals surface area (Å²) in [6.45, 7) is 4.36. The maximum absolute atomic E-state index is 12.1. The number of fused-ring (bicyclic) bond motifs is 1. The molecule has 2 saturated carbocycles. The van der Waals surface area contributed by atoms with Crippen LogP contribution in [-0.4, -0.2) is 12.1 Å². The smallest absolute Gasteiger partial charge is 0.243 e. The Hall–Kier alpha value is -1.64. The van der Waals surface area contributed by atoms with Crippen LogP contribution >= 0.6 is 0 Å². The maximum Gasteiger partial charge on any atom is 0.243 e. The minimum Gasteiger partial charge on any atom is -0.273 e. The SMILES string of the molecule is CC(C)c1ccc(C=NNC(=O)C2C3CCCCC32)cc1. The largest absolute Gasteiger partial charge is 0.273 e. The van der Waals surface area contributed by atoms with E-state index in [0.717, 1.165) is 5.56 Å². The average Bonchev–Trinajstić information content (AvgIpc) is 3.22. The van der Waals surface area contributed by atoms with E-state index in [1.54, 1.807) is 6.21 Å². The number of amides is 1. The van der Waals surface area contributed by atoms with Gasteiger partial charge in [0, 0.05) is 5.92 Å². The van der Waals surface area contributed by atoms with E-state index in [0.29, 0.717) is 17.8 Å². The van der Waals surface area contributed by atoms with Gasteiger partial charge in [-0.05, 0) is 41.7 Å². The van der Waals surface area contributed by atoms with Crippen molar-refractivity contribution in [2.75, 3.05) is 0 Å². The molecule has 3 heteroatoms. The zero-order valence-electron chi connectivity index (χ0n) is 12.9. The minimum absolute atomic E-state index is 0.113. The first-order valence-electron chi connectivity index (χ1n) is 8.09. The predicted octanol–water partition coefficient (Wildman–Crippen LogP) is 3.70. The number of rotatable bonds is 4. The van der Waals surface area contributed by atoms with Gasteiger partial charge < -0.3 is 0 Å². The van der Waals surface area contributed by atoms with Crippen LogP contribution < -0.4 is 5.43 Å². The standard InChI is InChI=1S/C18H24N2O/c1-12(2)14-9-7-13(8-10-14)11-19-20-18(21)17-15-5-3-4-6-16(15)17/h7-12,15-17H,3-6H2,1-2H3,(H,20,21). The Morgan fingerprint density at radius 2 is 1.81 bits per heavy atom. The lowest BCUT2D eigenvalue weighted by Crippen LogP contribution is -2.20. The maximum atomic E-state index is 12.1. The molecular formula is C18H24N2O. The van der Waals surface area contributed by atoms with Crippen LogP contribution in [0, 0.1) is 17.8 Å². The van der Waals surface area contributed by atoms with Gasteiger partial charge in [-0.25, -0.2) is 5.43 Å². The zero-order valence-corrected chi connectivity index (χ0v) is 12.9. The zero-order chi connectivity index (χ0) is 14.8. The first kappa shape index (κ1) is 14.3. The summed E-state index contributed by atoms with van der Waals surface area (Å²) in [7, 11) is 0. The van der Waals surface area contributed by atoms with Crippen molar-refractivity contribution in [1.82, 2.24) is 5.43 Å². The lowest BCUT2D eigenvalue weighted by molar-refractivity contribution is -0.122. The molecule has 0 aromatic heterocycles. The molecule has 3 rings (SSSR count). The van der Waals surface area contributed by atoms with E-state index in [2.05, 4.69) is 36.5 Å². The van der Waals surface area contributed by atoms with Crippen LogP contribution in [0.3, 0.4) is 0 Å². The number of carbonyl (C=O) groups is 1. The lowest BCUT2D eigenvalue weighted by atomic mass is 10.0. The lowest BCUT2D eigenvalue weighted by Gasteiger charge is -2.04. The molecule has 3 nitrogen and oxygen atoms in total. The van der Waals surface area contributed by atoms with Gasteiger partial charge in [-0.1, -0.05) is 51.0 Å². The number of nitrogens with zero attached hydrogens (tertiary/aromatic N) is 1. The fraction of sp³-hybridized carbons (Fsp3) is 0.556. The van der Waals surface area contributed by atoms with Gasteiger partial charge in [0.15, 0.2) is 0 Å². The summed E-state index contributed by atoms with van der Waals surface area (Å²) >= 11 is 0. The van der Waals surface area contributed by atoms with Crippen molar-refractivity contribution in [2.24, 2.45) is 22.9 Å². The van der Waals surface area contributed by atoms with Crippen LogP contribution in [0.25, 0.3) is 0 Å². The molecule has 0 saturated heterocycles. The van der Waals surface area contributed by atoms with Crippen molar-refractivity contribution < 1.29 is 4.79 Å². The molecule has 2 atom stereocenters. The Morgan fingerprint density at radius 3 is 2.38 bits per heavy atom. The summed E-state index contributed by atoms with van der Waals surface area (Å²) < 4.78 is 0. The van der Waals surface area contributed by atoms with Crippen LogP contribution in [0.15, 0.2) is 29.4 Å². The Balaban J connectivity index is 1.51. The Bertz CT molecular complexity index is 521. The number of hydrogen-bond acceptors (Lipinski definition) is 2. The molecule has 2 aliphatic rings. The van der Waals surface area contributed by atoms with Crippen molar-refractivity contribution in [3.05, 3.63) is 35.4 Å². The highest BCUT2D eigenvalue weighted by atomic mass is 16.2. The molecule has 1 amide bonds. The Morgan fingerprint density at radius 1 is 1.19 bits per heavy atom. The van der Waals surface area contributed by atoms with E-state index in [1.807, 2.05) is 12.1 Å². The molecule has 1 N–H and O–H groups in total. The summed E-state index contributed by atoms with van der Waals surface area (Å²) in [4.78, 5) is 12.1. The van der Waals surface area contributed by atoms with Crippen LogP contribution in [-0.2, 0) is 4.79 Å². The van der Waals surface area contributed by atoms with E-state index < -0.39 is 0 Å². The van der Waals surface area contributed by atoms with E-state index in [1.165, 1.54) is 31.2 Å². The molecule has 112 valence electrons. The van der Waals surface area contributed by atoms with Crippen LogP contribution in [0.2, 0.25) is 0 Å². The van der Waals surface area contributed by atoms with Gasteiger partial charge in [0.1, 0.15) is 0 Å². The number of benzene rings is 1. The molecule has 0 aliphatic heterocycles. The first-order chi connectivity index (χ1) is 10.2. The van der Waals surface area contributed by atoms with Gasteiger partial charge in [-0.15, -0.1) is 0 Å². The number of hydrogen-bond donors (Lipinski definition) is 1. The van der Waals surface area contributed by atoms with E-state index in [9.17, 15) is 4.79 Å². The molecule has 1 aromatic rings. The van der Waals surface area contributed by atoms with Crippen LogP contribution in [0.4, 0.5) is 0 Å². The fourth-order valence-corrected chi connectivity index (χ4v) is 3.59. The van der Waals surface area contributed by atoms with E-state index >= 15 is 0 Å². The molecule has 0 spiro atoms. The molecule has 1 aromatic carbocycles. The van der Waals surface area contributed by atoms with E-state index in [-0.39, 0.29) is 11.8 Å². The van der Waals surface area contributed by atoms with Crippen molar-refractivity contribution in [2.45, 2.75) is 45.4 Å².